The summed E-state index contributed by atoms with van der Waals surface area (Å²) in [6, 6.07) is 4.77. The summed E-state index contributed by atoms with van der Waals surface area (Å²) < 4.78 is 18.1. The van der Waals surface area contributed by atoms with Gasteiger partial charge in [0.15, 0.2) is 0 Å². The van der Waals surface area contributed by atoms with Gasteiger partial charge < -0.3 is 9.64 Å². The molecule has 0 spiro atoms. The van der Waals surface area contributed by atoms with E-state index in [4.69, 9.17) is 0 Å². The molecule has 0 radical (unpaired) electrons. The van der Waals surface area contributed by atoms with E-state index in [0.29, 0.717) is 5.92 Å². The molecule has 0 aromatic heterocycles. The number of halogens is 1. The van der Waals surface area contributed by atoms with Crippen LogP contribution < -0.4 is 0 Å². The lowest BCUT2D eigenvalue weighted by atomic mass is 9.88. The van der Waals surface area contributed by atoms with E-state index in [2.05, 4.69) is 16.7 Å². The van der Waals surface area contributed by atoms with Crippen LogP contribution in [0.25, 0.3) is 0 Å². The maximum Gasteiger partial charge on any atom is 0.340 e. The molecule has 3 nitrogen and oxygen atoms in total. The number of methoxy groups -OCH3 is 1. The first kappa shape index (κ1) is 13.0. The van der Waals surface area contributed by atoms with E-state index in [1.165, 1.54) is 13.2 Å². The summed E-state index contributed by atoms with van der Waals surface area (Å²) in [5.41, 5.74) is 1.07. The molecule has 1 saturated heterocycles. The quantitative estimate of drug-likeness (QED) is 0.756. The van der Waals surface area contributed by atoms with Crippen molar-refractivity contribution in [3.05, 3.63) is 35.1 Å². The Hall–Kier alpha value is -1.42. The minimum atomic E-state index is -0.609. The predicted molar refractivity (Wildman–Crippen MR) is 67.2 cm³/mol. The third kappa shape index (κ3) is 2.70. The van der Waals surface area contributed by atoms with Gasteiger partial charge in [-0.15, -0.1) is 0 Å². The third-order valence-electron chi connectivity index (χ3n) is 3.59. The summed E-state index contributed by atoms with van der Waals surface area (Å²) in [7, 11) is 3.37. The number of ether oxygens (including phenoxy) is 1. The van der Waals surface area contributed by atoms with Crippen LogP contribution in [0.3, 0.4) is 0 Å². The van der Waals surface area contributed by atoms with Crippen molar-refractivity contribution in [1.82, 2.24) is 4.90 Å². The Kier molecular flexibility index (Phi) is 3.97. The molecule has 0 bridgehead atoms. The van der Waals surface area contributed by atoms with E-state index in [0.717, 1.165) is 31.5 Å². The fourth-order valence-electron chi connectivity index (χ4n) is 2.41. The van der Waals surface area contributed by atoms with Gasteiger partial charge in [0.25, 0.3) is 0 Å². The fraction of sp³-hybridized carbons (Fsp3) is 0.500. The molecule has 4 heteroatoms. The molecule has 0 amide bonds. The maximum absolute atomic E-state index is 13.5. The molecule has 1 aliphatic heterocycles. The van der Waals surface area contributed by atoms with E-state index >= 15 is 0 Å². The number of benzene rings is 1. The molecule has 1 aromatic carbocycles. The zero-order valence-electron chi connectivity index (χ0n) is 10.8. The highest BCUT2D eigenvalue weighted by Crippen LogP contribution is 2.28. The first-order valence-electron chi connectivity index (χ1n) is 6.18. The summed E-state index contributed by atoms with van der Waals surface area (Å²) in [6.07, 6.45) is 2.09. The second-order valence-corrected chi connectivity index (χ2v) is 4.81. The summed E-state index contributed by atoms with van der Waals surface area (Å²) in [5.74, 6) is -0.717. The number of piperidine rings is 1. The molecule has 0 saturated carbocycles. The van der Waals surface area contributed by atoms with E-state index < -0.39 is 11.8 Å². The van der Waals surface area contributed by atoms with Gasteiger partial charge >= 0.3 is 5.97 Å². The van der Waals surface area contributed by atoms with Gasteiger partial charge in [-0.2, -0.15) is 0 Å². The molecule has 1 fully saturated rings. The molecule has 1 heterocycles. The van der Waals surface area contributed by atoms with Crippen molar-refractivity contribution < 1.29 is 13.9 Å². The number of carbonyl (C=O) groups is 1. The SMILES string of the molecule is COC(=O)c1cc(C2CCN(C)CC2)ccc1F. The van der Waals surface area contributed by atoms with Crippen molar-refractivity contribution in [2.24, 2.45) is 0 Å². The van der Waals surface area contributed by atoms with Gasteiger partial charge in [0.05, 0.1) is 12.7 Å². The topological polar surface area (TPSA) is 29.5 Å². The molecular formula is C14H18FNO2. The maximum atomic E-state index is 13.5. The molecule has 0 N–H and O–H groups in total. The minimum absolute atomic E-state index is 0.0360. The van der Waals surface area contributed by atoms with Gasteiger partial charge in [0.1, 0.15) is 5.82 Å². The van der Waals surface area contributed by atoms with Crippen LogP contribution in [-0.2, 0) is 4.74 Å². The number of rotatable bonds is 2. The Labute approximate surface area is 107 Å². The highest BCUT2D eigenvalue weighted by atomic mass is 19.1. The molecule has 0 atom stereocenters. The Morgan fingerprint density at radius 2 is 2.06 bits per heavy atom. The molecular weight excluding hydrogens is 233 g/mol. The van der Waals surface area contributed by atoms with Crippen LogP contribution in [0.4, 0.5) is 4.39 Å². The summed E-state index contributed by atoms with van der Waals surface area (Å²) >= 11 is 0. The Balaban J connectivity index is 2.21. The van der Waals surface area contributed by atoms with Crippen molar-refractivity contribution >= 4 is 5.97 Å². The van der Waals surface area contributed by atoms with Crippen LogP contribution in [0, 0.1) is 5.82 Å². The van der Waals surface area contributed by atoms with Gasteiger partial charge in [-0.25, -0.2) is 9.18 Å². The normalized spacial score (nSPS) is 17.7. The highest BCUT2D eigenvalue weighted by molar-refractivity contribution is 5.89. The number of likely N-dealkylation sites (tertiary alicyclic amines) is 1. The van der Waals surface area contributed by atoms with Crippen LogP contribution >= 0.6 is 0 Å². The summed E-state index contributed by atoms with van der Waals surface area (Å²) in [6.45, 7) is 2.07. The van der Waals surface area contributed by atoms with Gasteiger partial charge in [0.2, 0.25) is 0 Å². The molecule has 0 aliphatic carbocycles. The first-order valence-corrected chi connectivity index (χ1v) is 6.18. The second-order valence-electron chi connectivity index (χ2n) is 4.81. The molecule has 18 heavy (non-hydrogen) atoms. The average molecular weight is 251 g/mol. The smallest absolute Gasteiger partial charge is 0.340 e. The van der Waals surface area contributed by atoms with Crippen molar-refractivity contribution in [1.29, 1.82) is 0 Å². The molecule has 1 aromatic rings. The number of nitrogens with zero attached hydrogens (tertiary/aromatic N) is 1. The van der Waals surface area contributed by atoms with Gasteiger partial charge in [0, 0.05) is 0 Å². The zero-order valence-corrected chi connectivity index (χ0v) is 10.8. The van der Waals surface area contributed by atoms with Gasteiger partial charge in [-0.3, -0.25) is 0 Å². The standard InChI is InChI=1S/C14H18FNO2/c1-16-7-5-10(6-8-16)11-3-4-13(15)12(9-11)14(17)18-2/h3-4,9-10H,5-8H2,1-2H3. The lowest BCUT2D eigenvalue weighted by Gasteiger charge is -2.29. The fourth-order valence-corrected chi connectivity index (χ4v) is 2.41. The molecule has 2 rings (SSSR count). The number of esters is 1. The third-order valence-corrected chi connectivity index (χ3v) is 3.59. The lowest BCUT2D eigenvalue weighted by Crippen LogP contribution is -2.29. The number of hydrogen-bond donors (Lipinski definition) is 0. The van der Waals surface area contributed by atoms with Crippen LogP contribution in [0.1, 0.15) is 34.7 Å². The zero-order chi connectivity index (χ0) is 13.1. The Morgan fingerprint density at radius 1 is 1.39 bits per heavy atom. The van der Waals surface area contributed by atoms with E-state index in [1.807, 2.05) is 0 Å². The first-order chi connectivity index (χ1) is 8.61. The van der Waals surface area contributed by atoms with Crippen molar-refractivity contribution in [2.45, 2.75) is 18.8 Å². The molecule has 0 unspecified atom stereocenters. The van der Waals surface area contributed by atoms with Crippen molar-refractivity contribution in [3.63, 3.8) is 0 Å². The van der Waals surface area contributed by atoms with Crippen LogP contribution in [0.15, 0.2) is 18.2 Å². The molecule has 98 valence electrons. The monoisotopic (exact) mass is 251 g/mol. The number of hydrogen-bond acceptors (Lipinski definition) is 3. The van der Waals surface area contributed by atoms with Crippen LogP contribution in [-0.4, -0.2) is 38.1 Å². The number of carbonyl (C=O) groups excluding carboxylic acids is 1. The predicted octanol–water partition coefficient (Wildman–Crippen LogP) is 2.42. The van der Waals surface area contributed by atoms with Crippen LogP contribution in [0.2, 0.25) is 0 Å². The Morgan fingerprint density at radius 3 is 2.67 bits per heavy atom. The van der Waals surface area contributed by atoms with Crippen LogP contribution in [0.5, 0.6) is 0 Å². The largest absolute Gasteiger partial charge is 0.465 e. The van der Waals surface area contributed by atoms with E-state index in [1.54, 1.807) is 12.1 Å². The lowest BCUT2D eigenvalue weighted by molar-refractivity contribution is 0.0595. The minimum Gasteiger partial charge on any atom is -0.465 e. The van der Waals surface area contributed by atoms with Crippen molar-refractivity contribution in [3.8, 4) is 0 Å². The van der Waals surface area contributed by atoms with E-state index in [-0.39, 0.29) is 5.56 Å². The molecule has 1 aliphatic rings. The Bertz CT molecular complexity index is 439. The highest BCUT2D eigenvalue weighted by Gasteiger charge is 2.21. The van der Waals surface area contributed by atoms with E-state index in [9.17, 15) is 9.18 Å². The average Bonchev–Trinajstić information content (AvgIpc) is 2.39. The second kappa shape index (κ2) is 5.48. The summed E-state index contributed by atoms with van der Waals surface area (Å²) in [5, 5.41) is 0. The summed E-state index contributed by atoms with van der Waals surface area (Å²) in [4.78, 5) is 13.7. The van der Waals surface area contributed by atoms with Crippen molar-refractivity contribution in [2.75, 3.05) is 27.2 Å². The van der Waals surface area contributed by atoms with Gasteiger partial charge in [-0.1, -0.05) is 6.07 Å². The van der Waals surface area contributed by atoms with Gasteiger partial charge in [-0.05, 0) is 56.6 Å².